The number of amides is 2. The molecule has 0 bridgehead atoms. The quantitative estimate of drug-likeness (QED) is 0.609. The topological polar surface area (TPSA) is 107 Å². The highest BCUT2D eigenvalue weighted by atomic mass is 16.6. The van der Waals surface area contributed by atoms with Crippen LogP contribution in [0.1, 0.15) is 31.7 Å². The molecular formula is C16H21N3O4. The zero-order valence-corrected chi connectivity index (χ0v) is 13.1. The van der Waals surface area contributed by atoms with E-state index in [0.717, 1.165) is 18.4 Å². The van der Waals surface area contributed by atoms with E-state index in [0.29, 0.717) is 13.0 Å². The zero-order valence-electron chi connectivity index (χ0n) is 13.1. The molecule has 1 aliphatic rings. The summed E-state index contributed by atoms with van der Waals surface area (Å²) in [6.07, 6.45) is 2.68. The minimum Gasteiger partial charge on any atom is -0.368 e. The van der Waals surface area contributed by atoms with Gasteiger partial charge in [-0.05, 0) is 17.9 Å². The van der Waals surface area contributed by atoms with Gasteiger partial charge >= 0.3 is 0 Å². The molecule has 0 saturated carbocycles. The summed E-state index contributed by atoms with van der Waals surface area (Å²) in [7, 11) is 0. The standard InChI is InChI=1S/C16H21N3O4/c1-2-3-12-9-15(20)18(10-12)14(16(17)21)8-11-4-6-13(7-5-11)19(22)23/h4-7,12,14H,2-3,8-10H2,1H3,(H2,17,21). The Balaban J connectivity index is 2.11. The number of hydrogen-bond acceptors (Lipinski definition) is 4. The van der Waals surface area contributed by atoms with Crippen LogP contribution in [-0.4, -0.2) is 34.2 Å². The normalized spacial score (nSPS) is 18.9. The van der Waals surface area contributed by atoms with Gasteiger partial charge in [0.1, 0.15) is 6.04 Å². The summed E-state index contributed by atoms with van der Waals surface area (Å²) in [5, 5.41) is 10.7. The Kier molecular flexibility index (Phi) is 5.31. The smallest absolute Gasteiger partial charge is 0.269 e. The van der Waals surface area contributed by atoms with Gasteiger partial charge in [-0.25, -0.2) is 0 Å². The third kappa shape index (κ3) is 4.06. The SMILES string of the molecule is CCCC1CC(=O)N(C(Cc2ccc([N+](=O)[O-])cc2)C(N)=O)C1. The Morgan fingerprint density at radius 2 is 2.09 bits per heavy atom. The summed E-state index contributed by atoms with van der Waals surface area (Å²) in [6.45, 7) is 2.61. The number of primary amides is 1. The average molecular weight is 319 g/mol. The van der Waals surface area contributed by atoms with Crippen molar-refractivity contribution < 1.29 is 14.5 Å². The van der Waals surface area contributed by atoms with Gasteiger partial charge in [-0.3, -0.25) is 19.7 Å². The third-order valence-corrected chi connectivity index (χ3v) is 4.22. The molecule has 2 amide bonds. The molecule has 2 unspecified atom stereocenters. The van der Waals surface area contributed by atoms with Crippen molar-refractivity contribution in [2.75, 3.05) is 6.54 Å². The van der Waals surface area contributed by atoms with E-state index in [-0.39, 0.29) is 23.9 Å². The van der Waals surface area contributed by atoms with Crippen LogP contribution in [0.4, 0.5) is 5.69 Å². The number of carbonyl (C=O) groups excluding carboxylic acids is 2. The largest absolute Gasteiger partial charge is 0.368 e. The molecule has 0 radical (unpaired) electrons. The lowest BCUT2D eigenvalue weighted by atomic mass is 10.0. The van der Waals surface area contributed by atoms with Crippen molar-refractivity contribution in [2.45, 2.75) is 38.6 Å². The first kappa shape index (κ1) is 16.9. The van der Waals surface area contributed by atoms with Crippen LogP contribution >= 0.6 is 0 Å². The Labute approximate surface area is 134 Å². The lowest BCUT2D eigenvalue weighted by molar-refractivity contribution is -0.384. The van der Waals surface area contributed by atoms with Crippen molar-refractivity contribution in [1.29, 1.82) is 0 Å². The summed E-state index contributed by atoms with van der Waals surface area (Å²) in [4.78, 5) is 35.7. The number of likely N-dealkylation sites (tertiary alicyclic amines) is 1. The Bertz CT molecular complexity index is 600. The van der Waals surface area contributed by atoms with E-state index in [4.69, 9.17) is 5.73 Å². The maximum Gasteiger partial charge on any atom is 0.269 e. The summed E-state index contributed by atoms with van der Waals surface area (Å²) in [5.74, 6) is -0.325. The molecule has 1 aliphatic heterocycles. The molecule has 0 aromatic heterocycles. The number of nitrogens with zero attached hydrogens (tertiary/aromatic N) is 2. The van der Waals surface area contributed by atoms with Crippen LogP contribution in [0.2, 0.25) is 0 Å². The van der Waals surface area contributed by atoms with Crippen molar-refractivity contribution in [3.8, 4) is 0 Å². The number of nitrogens with two attached hydrogens (primary N) is 1. The Morgan fingerprint density at radius 3 is 2.61 bits per heavy atom. The van der Waals surface area contributed by atoms with Crippen molar-refractivity contribution in [3.05, 3.63) is 39.9 Å². The van der Waals surface area contributed by atoms with E-state index in [9.17, 15) is 19.7 Å². The summed E-state index contributed by atoms with van der Waals surface area (Å²) in [5.41, 5.74) is 6.22. The highest BCUT2D eigenvalue weighted by Gasteiger charge is 2.36. The number of rotatable bonds is 7. The number of nitro benzene ring substituents is 1. The van der Waals surface area contributed by atoms with Gasteiger partial charge in [0.05, 0.1) is 4.92 Å². The van der Waals surface area contributed by atoms with Crippen molar-refractivity contribution in [2.24, 2.45) is 11.7 Å². The molecule has 1 heterocycles. The van der Waals surface area contributed by atoms with Crippen LogP contribution in [0.3, 0.4) is 0 Å². The molecule has 124 valence electrons. The van der Waals surface area contributed by atoms with Gasteiger partial charge in [-0.1, -0.05) is 25.5 Å². The molecule has 1 aromatic rings. The predicted octanol–water partition coefficient (Wildman–Crippen LogP) is 1.64. The number of non-ortho nitro benzene ring substituents is 1. The second kappa shape index (κ2) is 7.21. The van der Waals surface area contributed by atoms with Crippen LogP contribution in [0, 0.1) is 16.0 Å². The van der Waals surface area contributed by atoms with Crippen LogP contribution in [0.25, 0.3) is 0 Å². The summed E-state index contributed by atoms with van der Waals surface area (Å²) in [6, 6.07) is 5.26. The molecule has 7 nitrogen and oxygen atoms in total. The molecule has 23 heavy (non-hydrogen) atoms. The molecule has 1 aromatic carbocycles. The number of benzene rings is 1. The highest BCUT2D eigenvalue weighted by molar-refractivity contribution is 5.88. The van der Waals surface area contributed by atoms with Crippen LogP contribution in [0.15, 0.2) is 24.3 Å². The number of nitro groups is 1. The fourth-order valence-electron chi connectivity index (χ4n) is 3.05. The fraction of sp³-hybridized carbons (Fsp3) is 0.500. The molecule has 7 heteroatoms. The maximum atomic E-state index is 12.2. The predicted molar refractivity (Wildman–Crippen MR) is 84.5 cm³/mol. The van der Waals surface area contributed by atoms with E-state index in [2.05, 4.69) is 6.92 Å². The summed E-state index contributed by atoms with van der Waals surface area (Å²) >= 11 is 0. The van der Waals surface area contributed by atoms with Gasteiger partial charge < -0.3 is 10.6 Å². The van der Waals surface area contributed by atoms with E-state index in [1.54, 1.807) is 17.0 Å². The first-order chi connectivity index (χ1) is 10.9. The molecule has 2 N–H and O–H groups in total. The van der Waals surface area contributed by atoms with E-state index < -0.39 is 16.9 Å². The van der Waals surface area contributed by atoms with Gasteiger partial charge in [0.15, 0.2) is 0 Å². The highest BCUT2D eigenvalue weighted by Crippen LogP contribution is 2.25. The minimum atomic E-state index is -0.703. The third-order valence-electron chi connectivity index (χ3n) is 4.22. The molecular weight excluding hydrogens is 298 g/mol. The number of hydrogen-bond donors (Lipinski definition) is 1. The summed E-state index contributed by atoms with van der Waals surface area (Å²) < 4.78 is 0. The molecule has 2 rings (SSSR count). The van der Waals surface area contributed by atoms with Crippen molar-refractivity contribution in [3.63, 3.8) is 0 Å². The molecule has 1 fully saturated rings. The number of carbonyl (C=O) groups is 2. The van der Waals surface area contributed by atoms with E-state index in [1.807, 2.05) is 0 Å². The van der Waals surface area contributed by atoms with Gasteiger partial charge in [0.2, 0.25) is 11.8 Å². The van der Waals surface area contributed by atoms with Crippen LogP contribution < -0.4 is 5.73 Å². The molecule has 1 saturated heterocycles. The first-order valence-electron chi connectivity index (χ1n) is 7.74. The Hall–Kier alpha value is -2.44. The van der Waals surface area contributed by atoms with Gasteiger partial charge in [-0.15, -0.1) is 0 Å². The zero-order chi connectivity index (χ0) is 17.0. The minimum absolute atomic E-state index is 0.00960. The van der Waals surface area contributed by atoms with Crippen LogP contribution in [0.5, 0.6) is 0 Å². The lowest BCUT2D eigenvalue weighted by Crippen LogP contribution is -2.47. The fourth-order valence-corrected chi connectivity index (χ4v) is 3.05. The van der Waals surface area contributed by atoms with E-state index >= 15 is 0 Å². The first-order valence-corrected chi connectivity index (χ1v) is 7.74. The van der Waals surface area contributed by atoms with Crippen molar-refractivity contribution >= 4 is 17.5 Å². The molecule has 0 spiro atoms. The molecule has 2 atom stereocenters. The van der Waals surface area contributed by atoms with Crippen molar-refractivity contribution in [1.82, 2.24) is 4.90 Å². The second-order valence-electron chi connectivity index (χ2n) is 5.95. The Morgan fingerprint density at radius 1 is 1.43 bits per heavy atom. The maximum absolute atomic E-state index is 12.2. The monoisotopic (exact) mass is 319 g/mol. The average Bonchev–Trinajstić information content (AvgIpc) is 2.85. The van der Waals surface area contributed by atoms with Gasteiger partial charge in [0.25, 0.3) is 5.69 Å². The van der Waals surface area contributed by atoms with Gasteiger partial charge in [-0.2, -0.15) is 0 Å². The lowest BCUT2D eigenvalue weighted by Gasteiger charge is -2.25. The molecule has 0 aliphatic carbocycles. The van der Waals surface area contributed by atoms with E-state index in [1.165, 1.54) is 12.1 Å². The second-order valence-corrected chi connectivity index (χ2v) is 5.95. The van der Waals surface area contributed by atoms with Crippen LogP contribution in [-0.2, 0) is 16.0 Å². The van der Waals surface area contributed by atoms with Gasteiger partial charge in [0, 0.05) is 31.5 Å².